The van der Waals surface area contributed by atoms with Crippen molar-refractivity contribution in [2.24, 2.45) is 0 Å². The number of likely N-dealkylation sites (tertiary alicyclic amines) is 1. The first kappa shape index (κ1) is 24.1. The third kappa shape index (κ3) is 4.06. The first-order chi connectivity index (χ1) is 17.3. The zero-order chi connectivity index (χ0) is 25.6. The number of aliphatic hydroxyl groups excluding tert-OH is 1. The second-order valence-corrected chi connectivity index (χ2v) is 9.57. The molecule has 1 fully saturated rings. The van der Waals surface area contributed by atoms with Gasteiger partial charge in [0.2, 0.25) is 0 Å². The van der Waals surface area contributed by atoms with Crippen molar-refractivity contribution in [2.45, 2.75) is 32.9 Å². The molecule has 1 aliphatic rings. The quantitative estimate of drug-likeness (QED) is 0.219. The summed E-state index contributed by atoms with van der Waals surface area (Å²) in [5.41, 5.74) is 3.05. The maximum Gasteiger partial charge on any atom is 0.295 e. The summed E-state index contributed by atoms with van der Waals surface area (Å²) in [5, 5.41) is 12.1. The van der Waals surface area contributed by atoms with Crippen LogP contribution in [-0.4, -0.2) is 47.2 Å². The Hall–Kier alpha value is -3.62. The third-order valence-corrected chi connectivity index (χ3v) is 7.22. The van der Waals surface area contributed by atoms with Crippen LogP contribution in [0.1, 0.15) is 35.0 Å². The normalized spacial score (nSPS) is 17.4. The van der Waals surface area contributed by atoms with Gasteiger partial charge in [-0.15, -0.1) is 0 Å². The fraction of sp³-hybridized carbons (Fsp3) is 0.231. The first-order valence-electron chi connectivity index (χ1n) is 11.4. The number of fused-ring (bicyclic) bond motifs is 1. The minimum Gasteiger partial charge on any atom is -0.505 e. The summed E-state index contributed by atoms with van der Waals surface area (Å²) in [6, 6.07) is 7.91. The van der Waals surface area contributed by atoms with E-state index in [9.17, 15) is 14.7 Å². The van der Waals surface area contributed by atoms with Crippen LogP contribution in [0.5, 0.6) is 0 Å². The Morgan fingerprint density at radius 1 is 1.08 bits per heavy atom. The van der Waals surface area contributed by atoms with E-state index in [1.54, 1.807) is 30.7 Å². The number of Topliss-reactive ketones (excluding diaryl/α,β-unsaturated/α-hetero) is 1. The summed E-state index contributed by atoms with van der Waals surface area (Å²) in [4.78, 5) is 36.7. The van der Waals surface area contributed by atoms with E-state index < -0.39 is 17.7 Å². The summed E-state index contributed by atoms with van der Waals surface area (Å²) < 4.78 is 3.74. The number of aliphatic hydroxyl groups is 1. The number of hydrogen-bond donors (Lipinski definition) is 1. The van der Waals surface area contributed by atoms with Crippen LogP contribution in [0.2, 0.25) is 10.0 Å². The highest BCUT2D eigenvalue weighted by Crippen LogP contribution is 2.41. The Kier molecular flexibility index (Phi) is 6.32. The molecular weight excluding hydrogens is 501 g/mol. The van der Waals surface area contributed by atoms with Crippen LogP contribution in [0.3, 0.4) is 0 Å². The van der Waals surface area contributed by atoms with E-state index in [1.165, 1.54) is 4.90 Å². The Bertz CT molecular complexity index is 1520. The van der Waals surface area contributed by atoms with Crippen molar-refractivity contribution < 1.29 is 14.7 Å². The second-order valence-electron chi connectivity index (χ2n) is 8.75. The molecule has 1 aromatic carbocycles. The Morgan fingerprint density at radius 2 is 1.89 bits per heavy atom. The lowest BCUT2D eigenvalue weighted by Crippen LogP contribution is -2.31. The van der Waals surface area contributed by atoms with Crippen molar-refractivity contribution in [3.05, 3.63) is 93.4 Å². The number of aryl methyl sites for hydroxylation is 3. The summed E-state index contributed by atoms with van der Waals surface area (Å²) >= 11 is 12.4. The average Bonchev–Trinajstić information content (AvgIpc) is 3.55. The molecule has 1 unspecified atom stereocenters. The number of imidazole rings is 2. The summed E-state index contributed by atoms with van der Waals surface area (Å²) in [6.07, 6.45) is 7.62. The van der Waals surface area contributed by atoms with E-state index in [0.717, 1.165) is 5.56 Å². The molecule has 0 saturated carbocycles. The maximum absolute atomic E-state index is 13.3. The van der Waals surface area contributed by atoms with Crippen molar-refractivity contribution in [3.63, 3.8) is 0 Å². The van der Waals surface area contributed by atoms with Crippen LogP contribution in [0.25, 0.3) is 11.4 Å². The molecule has 36 heavy (non-hydrogen) atoms. The van der Waals surface area contributed by atoms with Gasteiger partial charge < -0.3 is 19.0 Å². The highest BCUT2D eigenvalue weighted by molar-refractivity contribution is 6.46. The van der Waals surface area contributed by atoms with E-state index in [-0.39, 0.29) is 28.6 Å². The monoisotopic (exact) mass is 523 g/mol. The van der Waals surface area contributed by atoms with E-state index >= 15 is 0 Å². The lowest BCUT2D eigenvalue weighted by Gasteiger charge is -2.25. The van der Waals surface area contributed by atoms with Gasteiger partial charge in [-0.05, 0) is 49.6 Å². The number of aromatic nitrogens is 4. The van der Waals surface area contributed by atoms with E-state index in [4.69, 9.17) is 23.2 Å². The Balaban J connectivity index is 1.62. The lowest BCUT2D eigenvalue weighted by atomic mass is 9.96. The number of pyridine rings is 1. The molecule has 0 spiro atoms. The smallest absolute Gasteiger partial charge is 0.295 e. The molecule has 4 heterocycles. The molecule has 1 N–H and O–H groups in total. The molecule has 3 aromatic heterocycles. The van der Waals surface area contributed by atoms with Crippen molar-refractivity contribution in [3.8, 4) is 0 Å². The molecule has 1 amide bonds. The Labute approximate surface area is 217 Å². The van der Waals surface area contributed by atoms with Gasteiger partial charge in [0.1, 0.15) is 11.3 Å². The van der Waals surface area contributed by atoms with Crippen LogP contribution in [0, 0.1) is 13.8 Å². The second kappa shape index (κ2) is 9.44. The van der Waals surface area contributed by atoms with Gasteiger partial charge in [-0.2, -0.15) is 0 Å². The minimum atomic E-state index is -0.840. The van der Waals surface area contributed by atoms with Crippen molar-refractivity contribution in [1.29, 1.82) is 0 Å². The molecule has 0 aliphatic carbocycles. The van der Waals surface area contributed by atoms with E-state index in [1.807, 2.05) is 47.3 Å². The molecule has 0 radical (unpaired) electrons. The van der Waals surface area contributed by atoms with Crippen LogP contribution >= 0.6 is 23.2 Å². The number of rotatable bonds is 6. The predicted molar refractivity (Wildman–Crippen MR) is 137 cm³/mol. The molecule has 1 saturated heterocycles. The number of carbonyl (C=O) groups is 2. The van der Waals surface area contributed by atoms with Crippen molar-refractivity contribution >= 4 is 46.3 Å². The van der Waals surface area contributed by atoms with Crippen molar-refractivity contribution in [1.82, 2.24) is 23.8 Å². The first-order valence-corrected chi connectivity index (χ1v) is 12.2. The number of hydrogen-bond acceptors (Lipinski definition) is 5. The summed E-state index contributed by atoms with van der Waals surface area (Å²) in [6.45, 7) is 4.62. The van der Waals surface area contributed by atoms with Gasteiger partial charge in [0.05, 0.1) is 33.7 Å². The largest absolute Gasteiger partial charge is 0.505 e. The van der Waals surface area contributed by atoms with Crippen LogP contribution in [0.4, 0.5) is 0 Å². The fourth-order valence-corrected chi connectivity index (χ4v) is 4.96. The molecular formula is C26H23Cl2N5O3. The molecule has 1 atom stereocenters. The van der Waals surface area contributed by atoms with Crippen LogP contribution < -0.4 is 0 Å². The molecule has 5 rings (SSSR count). The number of ketones is 1. The Morgan fingerprint density at radius 3 is 2.58 bits per heavy atom. The zero-order valence-corrected chi connectivity index (χ0v) is 21.2. The van der Waals surface area contributed by atoms with E-state index in [0.29, 0.717) is 34.9 Å². The number of amides is 1. The molecule has 8 nitrogen and oxygen atoms in total. The predicted octanol–water partition coefficient (Wildman–Crippen LogP) is 4.97. The summed E-state index contributed by atoms with van der Waals surface area (Å²) in [7, 11) is 0. The van der Waals surface area contributed by atoms with Gasteiger partial charge in [0, 0.05) is 31.7 Å². The third-order valence-electron chi connectivity index (χ3n) is 6.48. The topological polar surface area (TPSA) is 92.7 Å². The van der Waals surface area contributed by atoms with E-state index in [2.05, 4.69) is 9.97 Å². The van der Waals surface area contributed by atoms with Gasteiger partial charge in [-0.1, -0.05) is 35.3 Å². The summed E-state index contributed by atoms with van der Waals surface area (Å²) in [5.74, 6) is -1.77. The lowest BCUT2D eigenvalue weighted by molar-refractivity contribution is -0.139. The maximum atomic E-state index is 13.3. The number of carbonyl (C=O) groups excluding carboxylic acids is 2. The van der Waals surface area contributed by atoms with Gasteiger partial charge in [-0.3, -0.25) is 9.59 Å². The molecule has 10 heteroatoms. The highest BCUT2D eigenvalue weighted by Gasteiger charge is 2.46. The fourth-order valence-electron chi connectivity index (χ4n) is 4.66. The molecule has 4 aromatic rings. The molecule has 0 bridgehead atoms. The SMILES string of the molecule is Cc1cccn2c(C)c(/C(O)=C3\C(=O)C(=O)N(CCCn4ccnc4)C3c3ccc(Cl)c(Cl)c3)nc12. The van der Waals surface area contributed by atoms with Crippen LogP contribution in [0.15, 0.2) is 60.8 Å². The standard InChI is InChI=1S/C26H23Cl2N5O3/c1-15-5-3-10-32-16(2)21(30-25(15)32)23(34)20-22(17-6-7-18(27)19(28)13-17)33(26(36)24(20)35)11-4-9-31-12-8-29-14-31/h3,5-8,10,12-14,22,34H,4,9,11H2,1-2H3/b23-20+. The van der Waals surface area contributed by atoms with Gasteiger partial charge in [-0.25, -0.2) is 9.97 Å². The number of benzene rings is 1. The van der Waals surface area contributed by atoms with Gasteiger partial charge in [0.15, 0.2) is 5.76 Å². The highest BCUT2D eigenvalue weighted by atomic mass is 35.5. The molecule has 1 aliphatic heterocycles. The number of nitrogens with zero attached hydrogens (tertiary/aromatic N) is 5. The average molecular weight is 524 g/mol. The van der Waals surface area contributed by atoms with Gasteiger partial charge in [0.25, 0.3) is 11.7 Å². The molecule has 184 valence electrons. The van der Waals surface area contributed by atoms with Crippen molar-refractivity contribution in [2.75, 3.05) is 6.54 Å². The number of halogens is 2. The van der Waals surface area contributed by atoms with Crippen LogP contribution in [-0.2, 0) is 16.1 Å². The minimum absolute atomic E-state index is 0.0230. The van der Waals surface area contributed by atoms with Gasteiger partial charge >= 0.3 is 0 Å². The zero-order valence-electron chi connectivity index (χ0n) is 19.7.